The lowest BCUT2D eigenvalue weighted by atomic mass is 9.98. The smallest absolute Gasteiger partial charge is 0.252 e. The van der Waals surface area contributed by atoms with Crippen LogP contribution < -0.4 is 15.4 Å². The van der Waals surface area contributed by atoms with Gasteiger partial charge in [0.25, 0.3) is 5.88 Å². The molecule has 224 valence electrons. The van der Waals surface area contributed by atoms with Crippen molar-refractivity contribution in [1.29, 1.82) is 0 Å². The van der Waals surface area contributed by atoms with Gasteiger partial charge < -0.3 is 25.0 Å². The van der Waals surface area contributed by atoms with Crippen molar-refractivity contribution in [2.24, 2.45) is 5.92 Å². The molecule has 0 spiro atoms. The molecule has 10 heteroatoms. The van der Waals surface area contributed by atoms with Gasteiger partial charge in [-0.2, -0.15) is 9.97 Å². The molecular weight excluding hydrogens is 542 g/mol. The largest absolute Gasteiger partial charge is 0.437 e. The summed E-state index contributed by atoms with van der Waals surface area (Å²) in [6.45, 7) is 10.1. The molecule has 1 unspecified atom stereocenters. The van der Waals surface area contributed by atoms with E-state index in [-0.39, 0.29) is 12.1 Å². The number of nitrogens with zero attached hydrogens (tertiary/aromatic N) is 5. The summed E-state index contributed by atoms with van der Waals surface area (Å²) in [6.07, 6.45) is 9.40. The number of hydrogen-bond donors (Lipinski definition) is 2. The number of anilines is 3. The van der Waals surface area contributed by atoms with Crippen LogP contribution in [0.15, 0.2) is 67.5 Å². The number of rotatable bonds is 11. The highest BCUT2D eigenvalue weighted by atomic mass is 16.5. The molecule has 0 bridgehead atoms. The Hall–Kier alpha value is -4.28. The molecule has 2 atom stereocenters. The van der Waals surface area contributed by atoms with Crippen LogP contribution >= 0.6 is 0 Å². The van der Waals surface area contributed by atoms with Crippen LogP contribution in [0.25, 0.3) is 11.2 Å². The lowest BCUT2D eigenvalue weighted by Gasteiger charge is -2.23. The summed E-state index contributed by atoms with van der Waals surface area (Å²) in [5, 5.41) is 6.13. The minimum Gasteiger partial charge on any atom is -0.437 e. The average Bonchev–Trinajstić information content (AvgIpc) is 3.66. The lowest BCUT2D eigenvalue weighted by Crippen LogP contribution is -2.21. The lowest BCUT2D eigenvalue weighted by molar-refractivity contribution is -0.111. The van der Waals surface area contributed by atoms with Gasteiger partial charge in [0.2, 0.25) is 11.9 Å². The first-order chi connectivity index (χ1) is 21.1. The fourth-order valence-corrected chi connectivity index (χ4v) is 5.90. The number of fused-ring (bicyclic) bond motifs is 1. The molecule has 43 heavy (non-hydrogen) atoms. The third-order valence-corrected chi connectivity index (χ3v) is 8.00. The summed E-state index contributed by atoms with van der Waals surface area (Å²) in [7, 11) is 0. The van der Waals surface area contributed by atoms with Gasteiger partial charge in [0.1, 0.15) is 12.0 Å². The van der Waals surface area contributed by atoms with E-state index in [1.165, 1.54) is 44.1 Å². The van der Waals surface area contributed by atoms with Gasteiger partial charge in [0, 0.05) is 30.6 Å². The Balaban J connectivity index is 1.25. The van der Waals surface area contributed by atoms with Crippen LogP contribution in [0.5, 0.6) is 11.6 Å². The summed E-state index contributed by atoms with van der Waals surface area (Å²) < 4.78 is 14.3. The number of carbonyl (C=O) groups is 1. The van der Waals surface area contributed by atoms with Crippen LogP contribution in [-0.4, -0.2) is 56.6 Å². The number of amides is 1. The normalized spacial score (nSPS) is 18.9. The molecule has 2 N–H and O–H groups in total. The summed E-state index contributed by atoms with van der Waals surface area (Å²) in [6, 6.07) is 15.6. The summed E-state index contributed by atoms with van der Waals surface area (Å²) >= 11 is 0. The molecule has 2 aliphatic rings. The quantitative estimate of drug-likeness (QED) is 0.194. The Morgan fingerprint density at radius 1 is 1.14 bits per heavy atom. The summed E-state index contributed by atoms with van der Waals surface area (Å²) in [5.74, 6) is 1.62. The number of nitrogens with one attached hydrogen (secondary N) is 2. The van der Waals surface area contributed by atoms with E-state index in [4.69, 9.17) is 19.4 Å². The molecule has 2 saturated heterocycles. The van der Waals surface area contributed by atoms with Crippen molar-refractivity contribution in [2.75, 3.05) is 36.9 Å². The molecule has 0 radical (unpaired) electrons. The van der Waals surface area contributed by atoms with Crippen LogP contribution in [0, 0.1) is 5.92 Å². The van der Waals surface area contributed by atoms with Crippen LogP contribution in [0.4, 0.5) is 17.3 Å². The minimum atomic E-state index is -0.299. The Kier molecular flexibility index (Phi) is 8.95. The van der Waals surface area contributed by atoms with E-state index < -0.39 is 0 Å². The zero-order valence-electron chi connectivity index (χ0n) is 24.7. The van der Waals surface area contributed by atoms with E-state index in [1.807, 2.05) is 4.57 Å². The van der Waals surface area contributed by atoms with Gasteiger partial charge in [-0.3, -0.25) is 9.36 Å². The third kappa shape index (κ3) is 7.03. The molecule has 1 amide bonds. The molecule has 4 aromatic rings. The highest BCUT2D eigenvalue weighted by molar-refractivity contribution is 5.99. The molecular formula is C33H39N7O3. The van der Waals surface area contributed by atoms with Crippen LogP contribution in [0.2, 0.25) is 0 Å². The molecule has 10 nitrogen and oxygen atoms in total. The molecule has 2 fully saturated rings. The molecule has 0 saturated carbocycles. The maximum Gasteiger partial charge on any atom is 0.252 e. The number of hydrogen-bond acceptors (Lipinski definition) is 8. The number of imidazole rings is 1. The molecule has 2 aliphatic heterocycles. The van der Waals surface area contributed by atoms with Gasteiger partial charge in [-0.15, -0.1) is 0 Å². The molecule has 4 heterocycles. The maximum atomic E-state index is 11.8. The average molecular weight is 582 g/mol. The molecule has 0 aliphatic carbocycles. The topological polar surface area (TPSA) is 106 Å². The highest BCUT2D eigenvalue weighted by Crippen LogP contribution is 2.33. The van der Waals surface area contributed by atoms with E-state index in [2.05, 4.69) is 58.3 Å². The Morgan fingerprint density at radius 3 is 2.81 bits per heavy atom. The first-order valence-electron chi connectivity index (χ1n) is 15.2. The molecule has 2 aromatic heterocycles. The summed E-state index contributed by atoms with van der Waals surface area (Å²) in [4.78, 5) is 28.6. The van der Waals surface area contributed by atoms with Crippen molar-refractivity contribution < 1.29 is 14.3 Å². The SMILES string of the molecule is C=CC(=O)Nc1cccc(Oc2nc(Nc3ccc(C[C@H]4CCN(CCC)C4)cc3)nc3c2ncn3C2CCCCO2)c1. The van der Waals surface area contributed by atoms with Gasteiger partial charge >= 0.3 is 0 Å². The molecule has 2 aromatic carbocycles. The maximum absolute atomic E-state index is 11.8. The Bertz CT molecular complexity index is 1560. The van der Waals surface area contributed by atoms with Crippen LogP contribution in [0.3, 0.4) is 0 Å². The van der Waals surface area contributed by atoms with Gasteiger partial charge in [-0.25, -0.2) is 4.98 Å². The highest BCUT2D eigenvalue weighted by Gasteiger charge is 2.23. The van der Waals surface area contributed by atoms with Crippen molar-refractivity contribution in [3.05, 3.63) is 73.1 Å². The minimum absolute atomic E-state index is 0.144. The monoisotopic (exact) mass is 581 g/mol. The fraction of sp³-hybridized carbons (Fsp3) is 0.394. The van der Waals surface area contributed by atoms with Gasteiger partial charge in [-0.05, 0) is 93.4 Å². The van der Waals surface area contributed by atoms with E-state index in [9.17, 15) is 4.79 Å². The fourth-order valence-electron chi connectivity index (χ4n) is 5.90. The van der Waals surface area contributed by atoms with Crippen molar-refractivity contribution >= 4 is 34.4 Å². The number of aromatic nitrogens is 4. The predicted molar refractivity (Wildman–Crippen MR) is 168 cm³/mol. The predicted octanol–water partition coefficient (Wildman–Crippen LogP) is 6.46. The second kappa shape index (κ2) is 13.4. The third-order valence-electron chi connectivity index (χ3n) is 8.00. The Labute approximate surface area is 252 Å². The zero-order valence-corrected chi connectivity index (χ0v) is 24.7. The molecule has 6 rings (SSSR count). The van der Waals surface area contributed by atoms with E-state index in [1.54, 1.807) is 30.6 Å². The standard InChI is InChI=1S/C33H39N7O3/c1-3-16-39-17-15-24(21-39)19-23-11-13-25(14-12-23)36-33-37-31-30(34-22-40(31)29-10-5-6-18-42-29)32(38-33)43-27-9-7-8-26(20-27)35-28(41)4-2/h4,7-9,11-14,20,22,24,29H,2-3,5-6,10,15-19,21H2,1H3,(H,35,41)(H,36,37,38)/t24-,29?/m1/s1. The number of carbonyl (C=O) groups excluding carboxylic acids is 1. The second-order valence-electron chi connectivity index (χ2n) is 11.3. The van der Waals surface area contributed by atoms with Gasteiger partial charge in [0.05, 0.1) is 6.33 Å². The van der Waals surface area contributed by atoms with Crippen LogP contribution in [-0.2, 0) is 16.0 Å². The van der Waals surface area contributed by atoms with Crippen molar-refractivity contribution in [3.63, 3.8) is 0 Å². The summed E-state index contributed by atoms with van der Waals surface area (Å²) in [5.41, 5.74) is 3.98. The van der Waals surface area contributed by atoms with Gasteiger partial charge in [-0.1, -0.05) is 31.7 Å². The van der Waals surface area contributed by atoms with Crippen molar-refractivity contribution in [3.8, 4) is 11.6 Å². The Morgan fingerprint density at radius 2 is 2.02 bits per heavy atom. The second-order valence-corrected chi connectivity index (χ2v) is 11.3. The van der Waals surface area contributed by atoms with Gasteiger partial charge in [0.15, 0.2) is 11.2 Å². The van der Waals surface area contributed by atoms with Crippen molar-refractivity contribution in [1.82, 2.24) is 24.4 Å². The van der Waals surface area contributed by atoms with E-state index in [0.717, 1.165) is 31.4 Å². The van der Waals surface area contributed by atoms with E-state index in [0.29, 0.717) is 47.0 Å². The van der Waals surface area contributed by atoms with Crippen LogP contribution in [0.1, 0.15) is 50.8 Å². The first kappa shape index (κ1) is 28.8. The number of benzene rings is 2. The number of likely N-dealkylation sites (tertiary alicyclic amines) is 1. The van der Waals surface area contributed by atoms with E-state index >= 15 is 0 Å². The number of ether oxygens (including phenoxy) is 2. The zero-order chi connectivity index (χ0) is 29.6. The van der Waals surface area contributed by atoms with Crippen molar-refractivity contribution in [2.45, 2.75) is 51.7 Å². The first-order valence-corrected chi connectivity index (χ1v) is 15.2.